The van der Waals surface area contributed by atoms with Crippen LogP contribution in [0.3, 0.4) is 0 Å². The van der Waals surface area contributed by atoms with Crippen molar-refractivity contribution in [3.8, 4) is 125 Å². The Kier molecular flexibility index (Phi) is 13.6. The average Bonchev–Trinajstić information content (AvgIpc) is 1.56. The molecule has 0 saturated heterocycles. The van der Waals surface area contributed by atoms with Crippen molar-refractivity contribution >= 4 is 49.3 Å². The molecule has 12 nitrogen and oxygen atoms in total. The minimum absolute atomic E-state index is 0.488. The van der Waals surface area contributed by atoms with Crippen molar-refractivity contribution in [3.05, 3.63) is 315 Å². The fraction of sp³-hybridized carbons (Fsp3) is 0. The van der Waals surface area contributed by atoms with Crippen molar-refractivity contribution < 1.29 is 0 Å². The maximum atomic E-state index is 8.57. The Hall–Kier alpha value is -13.2. The number of para-hydroxylation sites is 2. The van der Waals surface area contributed by atoms with E-state index in [0.29, 0.717) is 58.1 Å². The number of aromatic nitrogens is 11. The molecular weight excluding hydrogens is 1150 g/mol. The van der Waals surface area contributed by atoms with Gasteiger partial charge < -0.3 is 9.13 Å². The third-order valence-corrected chi connectivity index (χ3v) is 17.1. The van der Waals surface area contributed by atoms with Crippen LogP contribution in [0.5, 0.6) is 0 Å². The van der Waals surface area contributed by atoms with Gasteiger partial charge in [0.2, 0.25) is 0 Å². The van der Waals surface area contributed by atoms with E-state index >= 15 is 0 Å². The van der Waals surface area contributed by atoms with Crippen LogP contribution in [0.2, 0.25) is 0 Å². The lowest BCUT2D eigenvalue weighted by Crippen LogP contribution is -2.04. The normalized spacial score (nSPS) is 11.4. The number of hydrogen-bond donors (Lipinski definition) is 0. The van der Waals surface area contributed by atoms with Gasteiger partial charge in [0.25, 0.3) is 0 Å². The highest BCUT2D eigenvalue weighted by Gasteiger charge is 2.25. The molecule has 0 atom stereocenters. The van der Waals surface area contributed by atoms with E-state index in [1.54, 1.807) is 0 Å². The van der Waals surface area contributed by atoms with E-state index in [0.717, 1.165) is 116 Å². The van der Waals surface area contributed by atoms with Gasteiger partial charge >= 0.3 is 0 Å². The highest BCUT2D eigenvalue weighted by molar-refractivity contribution is 6.13. The molecule has 0 saturated carbocycles. The third kappa shape index (κ3) is 9.95. The van der Waals surface area contributed by atoms with Crippen molar-refractivity contribution in [3.63, 3.8) is 0 Å². The Balaban J connectivity index is 0.897. The Morgan fingerprint density at radius 1 is 0.213 bits per heavy atom. The third-order valence-electron chi connectivity index (χ3n) is 17.1. The summed E-state index contributed by atoms with van der Waals surface area (Å²) in [6, 6.07) is 103. The van der Waals surface area contributed by atoms with Gasteiger partial charge in [0.15, 0.2) is 58.1 Å². The summed E-state index contributed by atoms with van der Waals surface area (Å²) in [7, 11) is 0. The van der Waals surface area contributed by atoms with Crippen molar-refractivity contribution in [2.24, 2.45) is 0 Å². The van der Waals surface area contributed by atoms with Gasteiger partial charge in [-0.15, -0.1) is 0 Å². The van der Waals surface area contributed by atoms with Crippen molar-refractivity contribution in [2.75, 3.05) is 0 Å². The van der Waals surface area contributed by atoms with E-state index < -0.39 is 0 Å². The zero-order chi connectivity index (χ0) is 62.5. The molecule has 0 aliphatic rings. The molecule has 94 heavy (non-hydrogen) atoms. The summed E-state index contributed by atoms with van der Waals surface area (Å²) in [6.07, 6.45) is 0. The van der Waals surface area contributed by atoms with Gasteiger partial charge in [-0.25, -0.2) is 49.7 Å². The maximum absolute atomic E-state index is 8.57. The van der Waals surface area contributed by atoms with Crippen LogP contribution in [-0.2, 0) is 0 Å². The Morgan fingerprint density at radius 2 is 0.500 bits per heavy atom. The topological polar surface area (TPSA) is 130 Å². The van der Waals surface area contributed by atoms with Crippen LogP contribution in [0.4, 0.5) is 5.69 Å². The van der Waals surface area contributed by atoms with Gasteiger partial charge in [-0.2, -0.15) is 0 Å². The monoisotopic (exact) mass is 1200 g/mol. The second-order valence-corrected chi connectivity index (χ2v) is 22.8. The van der Waals surface area contributed by atoms with Crippen molar-refractivity contribution in [2.45, 2.75) is 0 Å². The lowest BCUT2D eigenvalue weighted by atomic mass is 9.97. The predicted molar refractivity (Wildman–Crippen MR) is 376 cm³/mol. The number of fused-ring (bicyclic) bond motifs is 6. The van der Waals surface area contributed by atoms with Gasteiger partial charge in [0.05, 0.1) is 40.0 Å². The van der Waals surface area contributed by atoms with E-state index in [1.165, 1.54) is 0 Å². The van der Waals surface area contributed by atoms with Gasteiger partial charge in [0.1, 0.15) is 0 Å². The molecule has 17 aromatic rings. The van der Waals surface area contributed by atoms with Gasteiger partial charge in [0, 0.05) is 77.2 Å². The van der Waals surface area contributed by atoms with Crippen LogP contribution in [0.1, 0.15) is 0 Å². The molecule has 0 spiro atoms. The molecule has 0 fully saturated rings. The highest BCUT2D eigenvalue weighted by Crippen LogP contribution is 2.45. The average molecular weight is 1200 g/mol. The number of nitrogens with zero attached hydrogens (tertiary/aromatic N) is 12. The zero-order valence-corrected chi connectivity index (χ0v) is 50.2. The summed E-state index contributed by atoms with van der Waals surface area (Å²) in [5.74, 6) is 5.04. The van der Waals surface area contributed by atoms with E-state index in [9.17, 15) is 0 Å². The lowest BCUT2D eigenvalue weighted by molar-refractivity contribution is 1.07. The summed E-state index contributed by atoms with van der Waals surface area (Å²) in [5, 5.41) is 4.06. The van der Waals surface area contributed by atoms with Crippen molar-refractivity contribution in [1.29, 1.82) is 0 Å². The minimum Gasteiger partial charge on any atom is -0.309 e. The minimum atomic E-state index is 0.488. The van der Waals surface area contributed by atoms with E-state index in [4.69, 9.17) is 51.4 Å². The first-order chi connectivity index (χ1) is 46.5. The molecule has 0 N–H and O–H groups in total. The number of rotatable bonds is 12. The van der Waals surface area contributed by atoms with E-state index in [2.05, 4.69) is 123 Å². The number of hydrogen-bond acceptors (Lipinski definition) is 9. The highest BCUT2D eigenvalue weighted by atomic mass is 15.1. The van der Waals surface area contributed by atoms with Crippen LogP contribution in [-0.4, -0.2) is 54.0 Å². The van der Waals surface area contributed by atoms with Gasteiger partial charge in [-0.05, 0) is 72.3 Å². The quantitative estimate of drug-likeness (QED) is 0.110. The van der Waals surface area contributed by atoms with Crippen LogP contribution in [0.25, 0.3) is 173 Å². The van der Waals surface area contributed by atoms with Crippen molar-refractivity contribution in [1.82, 2.24) is 54.0 Å². The molecule has 17 rings (SSSR count). The standard InChI is InChI=1S/C82H50N12/c1-83-61-43-47-72(93-68-38-22-20-36-62(68)65-48-58(41-45-70(65)93)80-87-74(52-24-8-2-9-25-52)84-75(88-80)53-26-10-3-11-27-53)67(51-61)64-44-40-60(82-91-78(56-32-16-6-17-33-56)86-79(92-82)57-34-18-7-19-35-57)50-73(64)94-69-39-23-21-37-63(69)66-49-59(42-46-71(66)94)81-89-76(54-28-12-4-13-29-54)85-77(90-81)55-30-14-5-15-31-55/h2-51H. The molecule has 0 radical (unpaired) electrons. The number of benzene rings is 12. The molecule has 0 amide bonds. The summed E-state index contributed by atoms with van der Waals surface area (Å²) >= 11 is 0. The fourth-order valence-electron chi connectivity index (χ4n) is 12.6. The van der Waals surface area contributed by atoms with Crippen LogP contribution in [0, 0.1) is 6.57 Å². The summed E-state index contributed by atoms with van der Waals surface area (Å²) in [4.78, 5) is 50.3. The first kappa shape index (κ1) is 54.9. The SMILES string of the molecule is [C-]#[N+]c1ccc(-n2c3ccccc3c3cc(-c4nc(-c5ccccc5)nc(-c5ccccc5)n4)ccc32)c(-c2ccc(-c3nc(-c4ccccc4)nc(-c4ccccc4)n3)cc2-n2c3ccccc3c3cc(-c4nc(-c5ccccc5)nc(-c5ccccc5)n4)ccc32)c1. The second kappa shape index (κ2) is 23.3. The molecule has 438 valence electrons. The lowest BCUT2D eigenvalue weighted by Gasteiger charge is -2.20. The molecule has 5 heterocycles. The molecule has 12 aromatic carbocycles. The second-order valence-electron chi connectivity index (χ2n) is 22.8. The largest absolute Gasteiger partial charge is 0.309 e. The fourth-order valence-corrected chi connectivity index (χ4v) is 12.6. The molecule has 12 heteroatoms. The smallest absolute Gasteiger partial charge is 0.188 e. The molecular formula is C82H50N12. The van der Waals surface area contributed by atoms with Crippen LogP contribution >= 0.6 is 0 Å². The Morgan fingerprint density at radius 3 is 0.851 bits per heavy atom. The van der Waals surface area contributed by atoms with Gasteiger partial charge in [-0.1, -0.05) is 237 Å². The van der Waals surface area contributed by atoms with E-state index in [-0.39, 0.29) is 0 Å². The first-order valence-corrected chi connectivity index (χ1v) is 30.9. The summed E-state index contributed by atoms with van der Waals surface area (Å²) < 4.78 is 4.65. The van der Waals surface area contributed by atoms with E-state index in [1.807, 2.05) is 194 Å². The Bertz CT molecular complexity index is 5620. The summed E-state index contributed by atoms with van der Waals surface area (Å²) in [6.45, 7) is 8.57. The maximum Gasteiger partial charge on any atom is 0.188 e. The van der Waals surface area contributed by atoms with Gasteiger partial charge in [-0.3, -0.25) is 0 Å². The molecule has 0 bridgehead atoms. The zero-order valence-electron chi connectivity index (χ0n) is 50.2. The Labute approximate surface area is 540 Å². The van der Waals surface area contributed by atoms with Crippen LogP contribution < -0.4 is 0 Å². The molecule has 0 unspecified atom stereocenters. The predicted octanol–water partition coefficient (Wildman–Crippen LogP) is 19.7. The molecule has 0 aliphatic carbocycles. The molecule has 5 aromatic heterocycles. The van der Waals surface area contributed by atoms with Crippen LogP contribution in [0.15, 0.2) is 303 Å². The molecule has 0 aliphatic heterocycles. The summed E-state index contributed by atoms with van der Waals surface area (Å²) in [5.41, 5.74) is 15.5. The first-order valence-electron chi connectivity index (χ1n) is 30.9.